The highest BCUT2D eigenvalue weighted by atomic mass is 35.5. The van der Waals surface area contributed by atoms with Gasteiger partial charge in [0, 0.05) is 23.1 Å². The molecule has 2 heterocycles. The van der Waals surface area contributed by atoms with E-state index in [1.165, 1.54) is 12.1 Å². The van der Waals surface area contributed by atoms with Crippen molar-refractivity contribution in [2.45, 2.75) is 19.4 Å². The lowest BCUT2D eigenvalue weighted by Gasteiger charge is -2.27. The SMILES string of the molecule is O=C(NCc1ccc(Cl)cc1Cl)N1CCCc2c1cnn2-c1ccc(F)cc1. The molecule has 5 nitrogen and oxygen atoms in total. The number of aromatic nitrogens is 2. The fourth-order valence-electron chi connectivity index (χ4n) is 3.30. The number of carbonyl (C=O) groups is 1. The van der Waals surface area contributed by atoms with Gasteiger partial charge in [0.1, 0.15) is 5.82 Å². The molecular formula is C20H17Cl2FN4O. The first-order valence-corrected chi connectivity index (χ1v) is 9.60. The Morgan fingerprint density at radius 3 is 2.71 bits per heavy atom. The molecule has 0 aliphatic carbocycles. The van der Waals surface area contributed by atoms with E-state index in [9.17, 15) is 9.18 Å². The minimum atomic E-state index is -0.299. The third-order valence-electron chi connectivity index (χ3n) is 4.69. The molecule has 1 aliphatic rings. The van der Waals surface area contributed by atoms with Crippen LogP contribution in [0.2, 0.25) is 10.0 Å². The lowest BCUT2D eigenvalue weighted by Crippen LogP contribution is -2.42. The molecule has 28 heavy (non-hydrogen) atoms. The van der Waals surface area contributed by atoms with Crippen molar-refractivity contribution >= 4 is 34.9 Å². The molecule has 4 rings (SSSR count). The highest BCUT2D eigenvalue weighted by Gasteiger charge is 2.26. The van der Waals surface area contributed by atoms with E-state index in [0.717, 1.165) is 35.5 Å². The van der Waals surface area contributed by atoms with Crippen LogP contribution in [0.4, 0.5) is 14.9 Å². The molecule has 0 saturated carbocycles. The molecule has 0 spiro atoms. The van der Waals surface area contributed by atoms with Crippen molar-refractivity contribution in [2.24, 2.45) is 0 Å². The van der Waals surface area contributed by atoms with Crippen LogP contribution in [-0.2, 0) is 13.0 Å². The fraction of sp³-hybridized carbons (Fsp3) is 0.200. The summed E-state index contributed by atoms with van der Waals surface area (Å²) >= 11 is 12.1. The third-order valence-corrected chi connectivity index (χ3v) is 5.28. The zero-order valence-electron chi connectivity index (χ0n) is 14.8. The lowest BCUT2D eigenvalue weighted by molar-refractivity contribution is 0.245. The highest BCUT2D eigenvalue weighted by molar-refractivity contribution is 6.35. The van der Waals surface area contributed by atoms with E-state index in [0.29, 0.717) is 23.1 Å². The van der Waals surface area contributed by atoms with Gasteiger partial charge in [-0.15, -0.1) is 0 Å². The highest BCUT2D eigenvalue weighted by Crippen LogP contribution is 2.29. The summed E-state index contributed by atoms with van der Waals surface area (Å²) in [5.74, 6) is -0.299. The first-order chi connectivity index (χ1) is 13.5. The molecule has 0 fully saturated rings. The summed E-state index contributed by atoms with van der Waals surface area (Å²) in [4.78, 5) is 14.4. The first kappa shape index (κ1) is 18.8. The number of nitrogens with zero attached hydrogens (tertiary/aromatic N) is 3. The predicted molar refractivity (Wildman–Crippen MR) is 108 cm³/mol. The second-order valence-electron chi connectivity index (χ2n) is 6.51. The maximum absolute atomic E-state index is 13.2. The number of carbonyl (C=O) groups excluding carboxylic acids is 1. The van der Waals surface area contributed by atoms with Gasteiger partial charge in [-0.05, 0) is 54.8 Å². The predicted octanol–water partition coefficient (Wildman–Crippen LogP) is 4.98. The van der Waals surface area contributed by atoms with Gasteiger partial charge in [0.25, 0.3) is 0 Å². The van der Waals surface area contributed by atoms with Gasteiger partial charge >= 0.3 is 6.03 Å². The Labute approximate surface area is 171 Å². The van der Waals surface area contributed by atoms with Crippen molar-refractivity contribution in [1.82, 2.24) is 15.1 Å². The van der Waals surface area contributed by atoms with Gasteiger partial charge in [-0.3, -0.25) is 4.90 Å². The standard InChI is InChI=1S/C20H17Cl2FN4O/c21-14-4-3-13(17(22)10-14)11-24-20(28)26-9-1-2-18-19(26)12-25-27(18)16-7-5-15(23)6-8-16/h3-8,10,12H,1-2,9,11H2,(H,24,28). The second kappa shape index (κ2) is 7.81. The zero-order valence-corrected chi connectivity index (χ0v) is 16.3. The van der Waals surface area contributed by atoms with Crippen LogP contribution in [0.15, 0.2) is 48.7 Å². The second-order valence-corrected chi connectivity index (χ2v) is 7.36. The normalized spacial score (nSPS) is 13.3. The molecule has 3 aromatic rings. The van der Waals surface area contributed by atoms with Gasteiger partial charge in [0.05, 0.1) is 23.3 Å². The molecule has 0 atom stereocenters. The van der Waals surface area contributed by atoms with Gasteiger partial charge in [0.15, 0.2) is 0 Å². The van der Waals surface area contributed by atoms with Crippen molar-refractivity contribution in [3.05, 3.63) is 75.8 Å². The van der Waals surface area contributed by atoms with Gasteiger partial charge in [-0.1, -0.05) is 29.3 Å². The van der Waals surface area contributed by atoms with E-state index < -0.39 is 0 Å². The summed E-state index contributed by atoms with van der Waals surface area (Å²) in [7, 11) is 0. The number of hydrogen-bond acceptors (Lipinski definition) is 2. The van der Waals surface area contributed by atoms with Crippen LogP contribution in [0, 0.1) is 5.82 Å². The zero-order chi connectivity index (χ0) is 19.7. The summed E-state index contributed by atoms with van der Waals surface area (Å²) in [6, 6.07) is 11.1. The average Bonchev–Trinajstić information content (AvgIpc) is 3.12. The number of hydrogen-bond donors (Lipinski definition) is 1. The maximum Gasteiger partial charge on any atom is 0.322 e. The number of nitrogens with one attached hydrogen (secondary N) is 1. The van der Waals surface area contributed by atoms with E-state index in [-0.39, 0.29) is 11.8 Å². The first-order valence-electron chi connectivity index (χ1n) is 8.85. The summed E-state index contributed by atoms with van der Waals surface area (Å²) in [5, 5.41) is 8.37. The Kier molecular flexibility index (Phi) is 5.24. The van der Waals surface area contributed by atoms with Crippen LogP contribution >= 0.6 is 23.2 Å². The van der Waals surface area contributed by atoms with Crippen LogP contribution in [-0.4, -0.2) is 22.4 Å². The molecule has 2 amide bonds. The monoisotopic (exact) mass is 418 g/mol. The Morgan fingerprint density at radius 2 is 1.96 bits per heavy atom. The van der Waals surface area contributed by atoms with E-state index in [4.69, 9.17) is 23.2 Å². The molecule has 1 N–H and O–H groups in total. The Bertz CT molecular complexity index is 1020. The van der Waals surface area contributed by atoms with E-state index >= 15 is 0 Å². The summed E-state index contributed by atoms with van der Waals surface area (Å²) < 4.78 is 15.0. The van der Waals surface area contributed by atoms with Gasteiger partial charge in [0.2, 0.25) is 0 Å². The largest absolute Gasteiger partial charge is 0.334 e. The number of benzene rings is 2. The van der Waals surface area contributed by atoms with Gasteiger partial charge in [-0.25, -0.2) is 13.9 Å². The summed E-state index contributed by atoms with van der Waals surface area (Å²) in [6.07, 6.45) is 3.28. The van der Waals surface area contributed by atoms with Crippen LogP contribution in [0.5, 0.6) is 0 Å². The van der Waals surface area contributed by atoms with Crippen molar-refractivity contribution in [3.8, 4) is 5.69 Å². The third kappa shape index (κ3) is 3.70. The Balaban J connectivity index is 1.53. The average molecular weight is 419 g/mol. The maximum atomic E-state index is 13.2. The molecule has 2 aromatic carbocycles. The molecule has 0 bridgehead atoms. The Hall–Kier alpha value is -2.57. The molecular weight excluding hydrogens is 402 g/mol. The number of halogens is 3. The topological polar surface area (TPSA) is 50.2 Å². The smallest absolute Gasteiger partial charge is 0.322 e. The van der Waals surface area contributed by atoms with Crippen molar-refractivity contribution < 1.29 is 9.18 Å². The van der Waals surface area contributed by atoms with Crippen LogP contribution in [0.25, 0.3) is 5.69 Å². The molecule has 0 radical (unpaired) electrons. The van der Waals surface area contributed by atoms with Crippen LogP contribution in [0.3, 0.4) is 0 Å². The number of fused-ring (bicyclic) bond motifs is 1. The van der Waals surface area contributed by atoms with Crippen LogP contribution < -0.4 is 10.2 Å². The number of urea groups is 1. The number of rotatable bonds is 3. The molecule has 144 valence electrons. The quantitative estimate of drug-likeness (QED) is 0.651. The molecule has 0 saturated heterocycles. The number of amides is 2. The lowest BCUT2D eigenvalue weighted by atomic mass is 10.1. The van der Waals surface area contributed by atoms with Gasteiger partial charge < -0.3 is 5.32 Å². The molecule has 8 heteroatoms. The van der Waals surface area contributed by atoms with Gasteiger partial charge in [-0.2, -0.15) is 5.10 Å². The minimum absolute atomic E-state index is 0.217. The fourth-order valence-corrected chi connectivity index (χ4v) is 3.77. The van der Waals surface area contributed by atoms with Crippen molar-refractivity contribution in [3.63, 3.8) is 0 Å². The summed E-state index contributed by atoms with van der Waals surface area (Å²) in [5.41, 5.74) is 3.24. The minimum Gasteiger partial charge on any atom is -0.334 e. The van der Waals surface area contributed by atoms with Crippen LogP contribution in [0.1, 0.15) is 17.7 Å². The molecule has 1 aromatic heterocycles. The molecule has 1 aliphatic heterocycles. The van der Waals surface area contributed by atoms with E-state index in [1.54, 1.807) is 46.1 Å². The molecule has 0 unspecified atom stereocenters. The van der Waals surface area contributed by atoms with E-state index in [2.05, 4.69) is 10.4 Å². The van der Waals surface area contributed by atoms with Crippen molar-refractivity contribution in [2.75, 3.05) is 11.4 Å². The summed E-state index contributed by atoms with van der Waals surface area (Å²) in [6.45, 7) is 0.898. The number of anilines is 1. The van der Waals surface area contributed by atoms with E-state index in [1.807, 2.05) is 0 Å². The Morgan fingerprint density at radius 1 is 1.18 bits per heavy atom. The van der Waals surface area contributed by atoms with Crippen molar-refractivity contribution in [1.29, 1.82) is 0 Å².